The number of hydrogen-bond acceptors (Lipinski definition) is 4. The molecule has 4 nitrogen and oxygen atoms in total. The van der Waals surface area contributed by atoms with Gasteiger partial charge in [-0.2, -0.15) is 0 Å². The van der Waals surface area contributed by atoms with Gasteiger partial charge in [-0.1, -0.05) is 11.6 Å². The van der Waals surface area contributed by atoms with E-state index in [2.05, 4.69) is 12.2 Å². The number of hydrogen-bond donors (Lipinski definition) is 1. The van der Waals surface area contributed by atoms with Crippen molar-refractivity contribution in [2.24, 2.45) is 5.92 Å². The molecule has 1 N–H and O–H groups in total. The second-order valence-corrected chi connectivity index (χ2v) is 5.10. The van der Waals surface area contributed by atoms with E-state index in [-0.39, 0.29) is 12.0 Å². The minimum Gasteiger partial charge on any atom is -0.465 e. The van der Waals surface area contributed by atoms with Crippen LogP contribution in [-0.2, 0) is 9.47 Å². The van der Waals surface area contributed by atoms with Crippen LogP contribution in [0.25, 0.3) is 0 Å². The van der Waals surface area contributed by atoms with E-state index >= 15 is 0 Å². The topological polar surface area (TPSA) is 47.6 Å². The lowest BCUT2D eigenvalue weighted by molar-refractivity contribution is 0.0601. The predicted molar refractivity (Wildman–Crippen MR) is 74.5 cm³/mol. The van der Waals surface area contributed by atoms with Gasteiger partial charge in [-0.25, -0.2) is 4.79 Å². The number of benzene rings is 1. The molecule has 1 saturated heterocycles. The van der Waals surface area contributed by atoms with Crippen LogP contribution < -0.4 is 5.32 Å². The van der Waals surface area contributed by atoms with Gasteiger partial charge in [-0.15, -0.1) is 0 Å². The average Bonchev–Trinajstić information content (AvgIpc) is 2.94. The first-order chi connectivity index (χ1) is 9.11. The van der Waals surface area contributed by atoms with Crippen LogP contribution in [0.15, 0.2) is 18.2 Å². The Balaban J connectivity index is 2.16. The van der Waals surface area contributed by atoms with Gasteiger partial charge in [0.25, 0.3) is 0 Å². The number of methoxy groups -OCH3 is 1. The van der Waals surface area contributed by atoms with Gasteiger partial charge in [0.1, 0.15) is 0 Å². The van der Waals surface area contributed by atoms with E-state index in [9.17, 15) is 4.79 Å². The van der Waals surface area contributed by atoms with Crippen LogP contribution in [0.5, 0.6) is 0 Å². The molecule has 0 spiro atoms. The maximum Gasteiger partial charge on any atom is 0.339 e. The first-order valence-electron chi connectivity index (χ1n) is 6.65. The molecule has 0 aromatic heterocycles. The monoisotopic (exact) mass is 263 g/mol. The molecule has 1 heterocycles. The Morgan fingerprint density at radius 1 is 1.53 bits per heavy atom. The lowest BCUT2D eigenvalue weighted by Gasteiger charge is -2.22. The van der Waals surface area contributed by atoms with E-state index in [4.69, 9.17) is 9.47 Å². The molecular weight excluding hydrogens is 242 g/mol. The number of nitrogens with one attached hydrogen (secondary N) is 1. The molecule has 2 unspecified atom stereocenters. The quantitative estimate of drug-likeness (QED) is 0.848. The molecule has 1 aromatic rings. The Morgan fingerprint density at radius 2 is 2.32 bits per heavy atom. The van der Waals surface area contributed by atoms with Gasteiger partial charge in [0, 0.05) is 24.3 Å². The Bertz CT molecular complexity index is 453. The normalized spacial score (nSPS) is 20.1. The number of carbonyl (C=O) groups excluding carboxylic acids is 1. The predicted octanol–water partition coefficient (Wildman–Crippen LogP) is 2.62. The van der Waals surface area contributed by atoms with Crippen molar-refractivity contribution < 1.29 is 14.3 Å². The zero-order valence-corrected chi connectivity index (χ0v) is 11.7. The largest absolute Gasteiger partial charge is 0.465 e. The smallest absolute Gasteiger partial charge is 0.339 e. The molecule has 0 aliphatic carbocycles. The first-order valence-corrected chi connectivity index (χ1v) is 6.65. The van der Waals surface area contributed by atoms with E-state index in [1.165, 1.54) is 7.11 Å². The number of ether oxygens (including phenoxy) is 2. The fraction of sp³-hybridized carbons (Fsp3) is 0.533. The van der Waals surface area contributed by atoms with Crippen molar-refractivity contribution in [3.63, 3.8) is 0 Å². The molecule has 0 radical (unpaired) electrons. The van der Waals surface area contributed by atoms with Gasteiger partial charge in [0.15, 0.2) is 0 Å². The van der Waals surface area contributed by atoms with E-state index in [0.717, 1.165) is 30.9 Å². The van der Waals surface area contributed by atoms with Crippen LogP contribution in [0.4, 0.5) is 5.69 Å². The highest BCUT2D eigenvalue weighted by Crippen LogP contribution is 2.24. The number of rotatable bonds is 4. The summed E-state index contributed by atoms with van der Waals surface area (Å²) in [6.45, 7) is 5.70. The van der Waals surface area contributed by atoms with Crippen LogP contribution in [0.3, 0.4) is 0 Å². The minimum atomic E-state index is -0.305. The molecule has 0 bridgehead atoms. The maximum atomic E-state index is 11.8. The molecule has 2 rings (SSSR count). The Kier molecular flexibility index (Phi) is 4.43. The summed E-state index contributed by atoms with van der Waals surface area (Å²) in [6, 6.07) is 6.06. The van der Waals surface area contributed by atoms with Gasteiger partial charge in [-0.3, -0.25) is 0 Å². The van der Waals surface area contributed by atoms with Crippen LogP contribution in [0.2, 0.25) is 0 Å². The van der Waals surface area contributed by atoms with E-state index in [1.807, 2.05) is 25.1 Å². The highest BCUT2D eigenvalue weighted by molar-refractivity contribution is 5.95. The van der Waals surface area contributed by atoms with Crippen molar-refractivity contribution in [1.29, 1.82) is 0 Å². The summed E-state index contributed by atoms with van der Waals surface area (Å²) in [6.07, 6.45) is 1.06. The van der Waals surface area contributed by atoms with Crippen LogP contribution in [0, 0.1) is 12.8 Å². The average molecular weight is 263 g/mol. The summed E-state index contributed by atoms with van der Waals surface area (Å²) < 4.78 is 10.2. The lowest BCUT2D eigenvalue weighted by Crippen LogP contribution is -2.27. The first kappa shape index (κ1) is 13.9. The van der Waals surface area contributed by atoms with Gasteiger partial charge < -0.3 is 14.8 Å². The second-order valence-electron chi connectivity index (χ2n) is 5.10. The van der Waals surface area contributed by atoms with Crippen molar-refractivity contribution in [3.8, 4) is 0 Å². The standard InChI is InChI=1S/C15H21NO3/c1-10-4-5-14(13(8-10)15(17)18-3)16-11(2)12-6-7-19-9-12/h4-5,8,11-12,16H,6-7,9H2,1-3H3. The van der Waals surface area contributed by atoms with Crippen LogP contribution in [-0.4, -0.2) is 32.3 Å². The summed E-state index contributed by atoms with van der Waals surface area (Å²) in [4.78, 5) is 11.8. The number of carbonyl (C=O) groups is 1. The zero-order valence-electron chi connectivity index (χ0n) is 11.7. The lowest BCUT2D eigenvalue weighted by atomic mass is 9.99. The molecule has 1 aromatic carbocycles. The highest BCUT2D eigenvalue weighted by atomic mass is 16.5. The summed E-state index contributed by atoms with van der Waals surface area (Å²) >= 11 is 0. The fourth-order valence-electron chi connectivity index (χ4n) is 2.37. The second kappa shape index (κ2) is 6.06. The van der Waals surface area contributed by atoms with Crippen molar-refractivity contribution in [2.45, 2.75) is 26.3 Å². The SMILES string of the molecule is COC(=O)c1cc(C)ccc1NC(C)C1CCOC1. The molecule has 1 aliphatic heterocycles. The van der Waals surface area contributed by atoms with Gasteiger partial charge in [0.05, 0.1) is 19.3 Å². The third-order valence-electron chi connectivity index (χ3n) is 3.64. The maximum absolute atomic E-state index is 11.8. The Labute approximate surface area is 114 Å². The number of anilines is 1. The summed E-state index contributed by atoms with van der Waals surface area (Å²) in [5.74, 6) is 0.188. The Morgan fingerprint density at radius 3 is 2.95 bits per heavy atom. The van der Waals surface area contributed by atoms with Crippen molar-refractivity contribution in [1.82, 2.24) is 0 Å². The third-order valence-corrected chi connectivity index (χ3v) is 3.64. The zero-order chi connectivity index (χ0) is 13.8. The molecular formula is C15H21NO3. The molecule has 104 valence electrons. The van der Waals surface area contributed by atoms with Crippen molar-refractivity contribution in [2.75, 3.05) is 25.6 Å². The Hall–Kier alpha value is -1.55. The van der Waals surface area contributed by atoms with Gasteiger partial charge in [-0.05, 0) is 32.4 Å². The van der Waals surface area contributed by atoms with Crippen molar-refractivity contribution in [3.05, 3.63) is 29.3 Å². The highest BCUT2D eigenvalue weighted by Gasteiger charge is 2.23. The molecule has 0 saturated carbocycles. The van der Waals surface area contributed by atoms with E-state index < -0.39 is 0 Å². The van der Waals surface area contributed by atoms with E-state index in [0.29, 0.717) is 11.5 Å². The van der Waals surface area contributed by atoms with Crippen LogP contribution in [0.1, 0.15) is 29.3 Å². The molecule has 4 heteroatoms. The van der Waals surface area contributed by atoms with E-state index in [1.54, 1.807) is 0 Å². The van der Waals surface area contributed by atoms with Gasteiger partial charge >= 0.3 is 5.97 Å². The minimum absolute atomic E-state index is 0.272. The molecule has 1 aliphatic rings. The van der Waals surface area contributed by atoms with Gasteiger partial charge in [0.2, 0.25) is 0 Å². The number of aryl methyl sites for hydroxylation is 1. The molecule has 1 fully saturated rings. The van der Waals surface area contributed by atoms with Crippen molar-refractivity contribution >= 4 is 11.7 Å². The summed E-state index contributed by atoms with van der Waals surface area (Å²) in [5.41, 5.74) is 2.47. The summed E-state index contributed by atoms with van der Waals surface area (Å²) in [7, 11) is 1.41. The molecule has 19 heavy (non-hydrogen) atoms. The third kappa shape index (κ3) is 3.26. The van der Waals surface area contributed by atoms with Crippen LogP contribution >= 0.6 is 0 Å². The molecule has 2 atom stereocenters. The summed E-state index contributed by atoms with van der Waals surface area (Å²) in [5, 5.41) is 3.41. The number of esters is 1. The molecule has 0 amide bonds. The fourth-order valence-corrected chi connectivity index (χ4v) is 2.37.